The number of benzene rings is 1. The normalized spacial score (nSPS) is 12.5. The van der Waals surface area contributed by atoms with E-state index in [9.17, 15) is 4.79 Å². The molecule has 1 aromatic heterocycles. The van der Waals surface area contributed by atoms with Crippen LogP contribution in [-0.4, -0.2) is 11.1 Å². The second-order valence-corrected chi connectivity index (χ2v) is 5.30. The lowest BCUT2D eigenvalue weighted by molar-refractivity contribution is -0.671. The van der Waals surface area contributed by atoms with Crippen molar-refractivity contribution in [3.63, 3.8) is 0 Å². The van der Waals surface area contributed by atoms with E-state index in [0.717, 1.165) is 16.7 Å². The zero-order valence-corrected chi connectivity index (χ0v) is 12.4. The molecule has 0 aliphatic carbocycles. The van der Waals surface area contributed by atoms with E-state index < -0.39 is 5.97 Å². The molecule has 3 nitrogen and oxygen atoms in total. The van der Waals surface area contributed by atoms with E-state index in [1.807, 2.05) is 55.2 Å². The van der Waals surface area contributed by atoms with Gasteiger partial charge in [-0.05, 0) is 22.6 Å². The monoisotopic (exact) mass is 282 g/mol. The Kier molecular flexibility index (Phi) is 4.88. The minimum atomic E-state index is -0.760. The summed E-state index contributed by atoms with van der Waals surface area (Å²) in [5, 5.41) is 8.82. The number of carboxylic acid groups (broad SMARTS) is 1. The SMILES string of the molecule is CC(CC(=O)O)c1ccc(/C=C/c2cc[n+](C)cc2)cc1. The molecule has 0 amide bonds. The van der Waals surface area contributed by atoms with Crippen LogP contribution in [0, 0.1) is 0 Å². The fourth-order valence-electron chi connectivity index (χ4n) is 2.13. The van der Waals surface area contributed by atoms with Gasteiger partial charge in [0, 0.05) is 12.1 Å². The minimum Gasteiger partial charge on any atom is -0.481 e. The number of rotatable bonds is 5. The van der Waals surface area contributed by atoms with Crippen molar-refractivity contribution in [2.24, 2.45) is 7.05 Å². The van der Waals surface area contributed by atoms with Crippen LogP contribution in [0.5, 0.6) is 0 Å². The van der Waals surface area contributed by atoms with Crippen molar-refractivity contribution < 1.29 is 14.5 Å². The van der Waals surface area contributed by atoms with Crippen LogP contribution in [0.4, 0.5) is 0 Å². The molecule has 2 aromatic rings. The first-order valence-electron chi connectivity index (χ1n) is 7.00. The van der Waals surface area contributed by atoms with Gasteiger partial charge in [0.05, 0.1) is 6.42 Å². The molecule has 3 heteroatoms. The molecule has 0 aliphatic heterocycles. The predicted molar refractivity (Wildman–Crippen MR) is 83.7 cm³/mol. The zero-order chi connectivity index (χ0) is 15.2. The number of carboxylic acids is 1. The summed E-state index contributed by atoms with van der Waals surface area (Å²) in [6.45, 7) is 1.93. The van der Waals surface area contributed by atoms with Crippen LogP contribution in [0.25, 0.3) is 12.2 Å². The predicted octanol–water partition coefficient (Wildman–Crippen LogP) is 3.26. The summed E-state index contributed by atoms with van der Waals surface area (Å²) in [5.74, 6) is -0.724. The third kappa shape index (κ3) is 4.56. The molecule has 1 heterocycles. The highest BCUT2D eigenvalue weighted by molar-refractivity contribution is 5.70. The van der Waals surface area contributed by atoms with Crippen LogP contribution in [0.1, 0.15) is 36.0 Å². The Bertz CT molecular complexity index is 627. The topological polar surface area (TPSA) is 41.2 Å². The van der Waals surface area contributed by atoms with Crippen LogP contribution in [0.3, 0.4) is 0 Å². The molecular formula is C18H20NO2+. The highest BCUT2D eigenvalue weighted by Gasteiger charge is 2.09. The fraction of sp³-hybridized carbons (Fsp3) is 0.222. The summed E-state index contributed by atoms with van der Waals surface area (Å²) in [7, 11) is 1.99. The van der Waals surface area contributed by atoms with Crippen molar-refractivity contribution in [3.05, 3.63) is 65.5 Å². The van der Waals surface area contributed by atoms with Gasteiger partial charge in [0.15, 0.2) is 12.4 Å². The molecule has 2 rings (SSSR count). The smallest absolute Gasteiger partial charge is 0.303 e. The molecule has 0 fully saturated rings. The number of carbonyl (C=O) groups is 1. The van der Waals surface area contributed by atoms with Gasteiger partial charge in [0.25, 0.3) is 0 Å². The lowest BCUT2D eigenvalue weighted by atomic mass is 9.97. The lowest BCUT2D eigenvalue weighted by Gasteiger charge is -2.08. The van der Waals surface area contributed by atoms with Gasteiger partial charge in [-0.3, -0.25) is 4.79 Å². The van der Waals surface area contributed by atoms with E-state index in [0.29, 0.717) is 0 Å². The number of aryl methyl sites for hydroxylation is 1. The zero-order valence-electron chi connectivity index (χ0n) is 12.4. The highest BCUT2D eigenvalue weighted by Crippen LogP contribution is 2.20. The largest absolute Gasteiger partial charge is 0.481 e. The summed E-state index contributed by atoms with van der Waals surface area (Å²) >= 11 is 0. The average Bonchev–Trinajstić information content (AvgIpc) is 2.46. The van der Waals surface area contributed by atoms with Gasteiger partial charge in [-0.25, -0.2) is 4.57 Å². The molecule has 21 heavy (non-hydrogen) atoms. The summed E-state index contributed by atoms with van der Waals surface area (Å²) in [6.07, 6.45) is 8.31. The minimum absolute atomic E-state index is 0.0367. The second kappa shape index (κ2) is 6.84. The summed E-state index contributed by atoms with van der Waals surface area (Å²) in [4.78, 5) is 10.7. The van der Waals surface area contributed by atoms with Crippen LogP contribution < -0.4 is 4.57 Å². The standard InChI is InChI=1S/C18H19NO2/c1-14(13-18(20)21)17-7-5-15(6-8-17)3-4-16-9-11-19(2)12-10-16/h3-12,14H,13H2,1-2H3/p+1/b4-3+. The molecule has 1 aromatic carbocycles. The molecule has 1 N–H and O–H groups in total. The van der Waals surface area contributed by atoms with E-state index in [4.69, 9.17) is 5.11 Å². The van der Waals surface area contributed by atoms with Gasteiger partial charge in [-0.15, -0.1) is 0 Å². The number of pyridine rings is 1. The molecule has 0 spiro atoms. The number of hydrogen-bond acceptors (Lipinski definition) is 1. The molecule has 0 bridgehead atoms. The molecule has 0 aliphatic rings. The first kappa shape index (κ1) is 15.0. The molecule has 1 unspecified atom stereocenters. The van der Waals surface area contributed by atoms with Crippen molar-refractivity contribution in [1.82, 2.24) is 0 Å². The first-order valence-corrected chi connectivity index (χ1v) is 7.00. The van der Waals surface area contributed by atoms with Gasteiger partial charge in [-0.1, -0.05) is 43.3 Å². The second-order valence-electron chi connectivity index (χ2n) is 5.30. The van der Waals surface area contributed by atoms with E-state index in [1.54, 1.807) is 0 Å². The molecule has 108 valence electrons. The van der Waals surface area contributed by atoms with E-state index in [-0.39, 0.29) is 12.3 Å². The Morgan fingerprint density at radius 3 is 2.14 bits per heavy atom. The molecule has 0 saturated carbocycles. The number of aliphatic carboxylic acids is 1. The van der Waals surface area contributed by atoms with Gasteiger partial charge in [0.2, 0.25) is 0 Å². The quantitative estimate of drug-likeness (QED) is 0.855. The molecule has 0 radical (unpaired) electrons. The van der Waals surface area contributed by atoms with E-state index >= 15 is 0 Å². The maximum atomic E-state index is 10.7. The van der Waals surface area contributed by atoms with Crippen molar-refractivity contribution in [2.45, 2.75) is 19.3 Å². The Hall–Kier alpha value is -2.42. The van der Waals surface area contributed by atoms with Gasteiger partial charge < -0.3 is 5.11 Å². The van der Waals surface area contributed by atoms with Gasteiger partial charge in [-0.2, -0.15) is 0 Å². The van der Waals surface area contributed by atoms with Crippen LogP contribution in [0.2, 0.25) is 0 Å². The Morgan fingerprint density at radius 2 is 1.62 bits per heavy atom. The molecule has 1 atom stereocenters. The summed E-state index contributed by atoms with van der Waals surface area (Å²) < 4.78 is 2.00. The summed E-state index contributed by atoms with van der Waals surface area (Å²) in [5.41, 5.74) is 3.31. The fourth-order valence-corrected chi connectivity index (χ4v) is 2.13. The molecular weight excluding hydrogens is 262 g/mol. The Balaban J connectivity index is 2.05. The number of nitrogens with zero attached hydrogens (tertiary/aromatic N) is 1. The highest BCUT2D eigenvalue weighted by atomic mass is 16.4. The Morgan fingerprint density at radius 1 is 1.10 bits per heavy atom. The van der Waals surface area contributed by atoms with Gasteiger partial charge >= 0.3 is 5.97 Å². The first-order chi connectivity index (χ1) is 10.0. The third-order valence-corrected chi connectivity index (χ3v) is 3.46. The van der Waals surface area contributed by atoms with E-state index in [1.165, 1.54) is 0 Å². The van der Waals surface area contributed by atoms with Crippen LogP contribution in [0.15, 0.2) is 48.8 Å². The van der Waals surface area contributed by atoms with Gasteiger partial charge in [0.1, 0.15) is 7.05 Å². The Labute approximate surface area is 125 Å². The number of aromatic nitrogens is 1. The number of hydrogen-bond donors (Lipinski definition) is 1. The summed E-state index contributed by atoms with van der Waals surface area (Å²) in [6, 6.07) is 12.1. The van der Waals surface area contributed by atoms with Crippen molar-refractivity contribution >= 4 is 18.1 Å². The van der Waals surface area contributed by atoms with Crippen molar-refractivity contribution in [3.8, 4) is 0 Å². The van der Waals surface area contributed by atoms with Crippen LogP contribution in [-0.2, 0) is 11.8 Å². The maximum Gasteiger partial charge on any atom is 0.303 e. The maximum absolute atomic E-state index is 10.7. The van der Waals surface area contributed by atoms with E-state index in [2.05, 4.69) is 24.3 Å². The van der Waals surface area contributed by atoms with Crippen LogP contribution >= 0.6 is 0 Å². The molecule has 0 saturated heterocycles. The lowest BCUT2D eigenvalue weighted by Crippen LogP contribution is -2.25. The van der Waals surface area contributed by atoms with Crippen molar-refractivity contribution in [1.29, 1.82) is 0 Å². The van der Waals surface area contributed by atoms with Crippen molar-refractivity contribution in [2.75, 3.05) is 0 Å². The average molecular weight is 282 g/mol. The third-order valence-electron chi connectivity index (χ3n) is 3.46.